The van der Waals surface area contributed by atoms with E-state index in [1.807, 2.05) is 0 Å². The minimum atomic E-state index is -1.15. The van der Waals surface area contributed by atoms with Crippen LogP contribution in [0.5, 0.6) is 5.75 Å². The van der Waals surface area contributed by atoms with Gasteiger partial charge in [-0.1, -0.05) is 0 Å². The molecule has 0 heterocycles. The topological polar surface area (TPSA) is 97.2 Å². The summed E-state index contributed by atoms with van der Waals surface area (Å²) in [5, 5.41) is 12.3. The van der Waals surface area contributed by atoms with Crippen LogP contribution < -0.4 is 10.2 Å². The Bertz CT molecular complexity index is 525. The fourth-order valence-corrected chi connectivity index (χ4v) is 1.22. The van der Waals surface area contributed by atoms with Crippen molar-refractivity contribution < 1.29 is 24.2 Å². The second-order valence-electron chi connectivity index (χ2n) is 3.52. The predicted molar refractivity (Wildman–Crippen MR) is 68.7 cm³/mol. The highest BCUT2D eigenvalue weighted by molar-refractivity contribution is 6.34. The molecule has 0 aromatic heterocycles. The van der Waals surface area contributed by atoms with E-state index in [0.29, 0.717) is 11.4 Å². The first-order valence-corrected chi connectivity index (χ1v) is 5.29. The van der Waals surface area contributed by atoms with Crippen molar-refractivity contribution in [3.63, 3.8) is 0 Å². The number of aliphatic carboxylic acids is 1. The predicted octanol–water partition coefficient (Wildman–Crippen LogP) is 1.35. The van der Waals surface area contributed by atoms with Gasteiger partial charge in [-0.2, -0.15) is 5.10 Å². The molecule has 0 amide bonds. The standard InChI is InChI=1S/C12H14N2O5/c1-7(11(15)16)13-14-10-5-4-8(18-2)6-9(10)12(17)19-3/h4-6,14H,1-3H3,(H,15,16)/b13-7+. The second kappa shape index (κ2) is 6.39. The fraction of sp³-hybridized carbons (Fsp3) is 0.250. The number of nitrogens with one attached hydrogen (secondary N) is 1. The zero-order valence-corrected chi connectivity index (χ0v) is 10.8. The minimum Gasteiger partial charge on any atom is -0.497 e. The van der Waals surface area contributed by atoms with Crippen LogP contribution in [0.4, 0.5) is 5.69 Å². The Balaban J connectivity index is 3.09. The molecule has 0 unspecified atom stereocenters. The number of esters is 1. The average Bonchev–Trinajstić information content (AvgIpc) is 2.43. The van der Waals surface area contributed by atoms with Crippen LogP contribution in [0.25, 0.3) is 0 Å². The molecule has 0 spiro atoms. The minimum absolute atomic E-state index is 0.133. The van der Waals surface area contributed by atoms with Gasteiger partial charge in [0, 0.05) is 0 Å². The number of rotatable bonds is 5. The lowest BCUT2D eigenvalue weighted by molar-refractivity contribution is -0.129. The van der Waals surface area contributed by atoms with Crippen molar-refractivity contribution in [2.24, 2.45) is 5.10 Å². The number of ether oxygens (including phenoxy) is 2. The molecule has 0 aliphatic rings. The first kappa shape index (κ1) is 14.5. The number of carbonyl (C=O) groups is 2. The fourth-order valence-electron chi connectivity index (χ4n) is 1.22. The van der Waals surface area contributed by atoms with Crippen molar-refractivity contribution in [2.45, 2.75) is 6.92 Å². The summed E-state index contributed by atoms with van der Waals surface area (Å²) in [6.45, 7) is 1.33. The monoisotopic (exact) mass is 266 g/mol. The van der Waals surface area contributed by atoms with E-state index >= 15 is 0 Å². The number of methoxy groups -OCH3 is 2. The van der Waals surface area contributed by atoms with Crippen LogP contribution in [0.15, 0.2) is 23.3 Å². The third-order valence-electron chi connectivity index (χ3n) is 2.29. The molecular weight excluding hydrogens is 252 g/mol. The van der Waals surface area contributed by atoms with E-state index in [9.17, 15) is 9.59 Å². The Morgan fingerprint density at radius 3 is 2.53 bits per heavy atom. The summed E-state index contributed by atoms with van der Waals surface area (Å²) in [5.74, 6) is -1.25. The van der Waals surface area contributed by atoms with Gasteiger partial charge in [-0.15, -0.1) is 0 Å². The van der Waals surface area contributed by atoms with E-state index in [2.05, 4.69) is 15.3 Å². The zero-order valence-electron chi connectivity index (χ0n) is 10.8. The van der Waals surface area contributed by atoms with Crippen molar-refractivity contribution >= 4 is 23.3 Å². The van der Waals surface area contributed by atoms with Gasteiger partial charge in [0.1, 0.15) is 11.5 Å². The molecule has 0 saturated carbocycles. The lowest BCUT2D eigenvalue weighted by Crippen LogP contribution is -2.12. The van der Waals surface area contributed by atoms with Crippen molar-refractivity contribution in [1.29, 1.82) is 0 Å². The Morgan fingerprint density at radius 1 is 1.32 bits per heavy atom. The van der Waals surface area contributed by atoms with Gasteiger partial charge < -0.3 is 14.6 Å². The molecule has 1 aromatic carbocycles. The van der Waals surface area contributed by atoms with Gasteiger partial charge in [0.2, 0.25) is 0 Å². The molecule has 102 valence electrons. The van der Waals surface area contributed by atoms with Crippen LogP contribution in [-0.4, -0.2) is 37.0 Å². The Labute approximate surface area is 109 Å². The molecule has 7 heteroatoms. The maximum absolute atomic E-state index is 11.6. The smallest absolute Gasteiger partial charge is 0.351 e. The SMILES string of the molecule is COC(=O)c1cc(OC)ccc1N/N=C(\C)C(=O)O. The van der Waals surface area contributed by atoms with Crippen molar-refractivity contribution in [2.75, 3.05) is 19.6 Å². The molecule has 2 N–H and O–H groups in total. The second-order valence-corrected chi connectivity index (χ2v) is 3.52. The van der Waals surface area contributed by atoms with Crippen LogP contribution in [0, 0.1) is 0 Å². The van der Waals surface area contributed by atoms with Gasteiger partial charge in [0.05, 0.1) is 25.5 Å². The summed E-state index contributed by atoms with van der Waals surface area (Å²) in [4.78, 5) is 22.2. The Morgan fingerprint density at radius 2 is 2.00 bits per heavy atom. The molecule has 7 nitrogen and oxygen atoms in total. The maximum atomic E-state index is 11.6. The van der Waals surface area contributed by atoms with Crippen molar-refractivity contribution in [1.82, 2.24) is 0 Å². The molecule has 0 bridgehead atoms. The largest absolute Gasteiger partial charge is 0.497 e. The maximum Gasteiger partial charge on any atom is 0.351 e. The molecular formula is C12H14N2O5. The van der Waals surface area contributed by atoms with E-state index in [4.69, 9.17) is 9.84 Å². The number of carboxylic acids is 1. The molecule has 1 rings (SSSR count). The average molecular weight is 266 g/mol. The quantitative estimate of drug-likeness (QED) is 0.474. The third-order valence-corrected chi connectivity index (χ3v) is 2.29. The summed E-state index contributed by atoms with van der Waals surface area (Å²) in [6.07, 6.45) is 0. The molecule has 0 fully saturated rings. The Kier molecular flexibility index (Phi) is 4.87. The molecule has 0 saturated heterocycles. The summed E-state index contributed by atoms with van der Waals surface area (Å²) < 4.78 is 9.63. The lowest BCUT2D eigenvalue weighted by Gasteiger charge is -2.09. The molecule has 0 aliphatic heterocycles. The lowest BCUT2D eigenvalue weighted by atomic mass is 10.1. The van der Waals surface area contributed by atoms with E-state index in [0.717, 1.165) is 0 Å². The molecule has 0 radical (unpaired) electrons. The van der Waals surface area contributed by atoms with Crippen LogP contribution in [-0.2, 0) is 9.53 Å². The summed E-state index contributed by atoms with van der Waals surface area (Å²) in [7, 11) is 2.72. The first-order chi connectivity index (χ1) is 8.99. The van der Waals surface area contributed by atoms with E-state index < -0.39 is 11.9 Å². The number of hydrogen-bond donors (Lipinski definition) is 2. The molecule has 19 heavy (non-hydrogen) atoms. The normalized spacial score (nSPS) is 10.8. The number of hydrogen-bond acceptors (Lipinski definition) is 6. The summed E-state index contributed by atoms with van der Waals surface area (Å²) >= 11 is 0. The van der Waals surface area contributed by atoms with E-state index in [-0.39, 0.29) is 11.3 Å². The van der Waals surface area contributed by atoms with E-state index in [1.54, 1.807) is 12.1 Å². The van der Waals surface area contributed by atoms with Crippen molar-refractivity contribution in [3.05, 3.63) is 23.8 Å². The van der Waals surface area contributed by atoms with Gasteiger partial charge >= 0.3 is 11.9 Å². The number of carboxylic acid groups (broad SMARTS) is 1. The highest BCUT2D eigenvalue weighted by Gasteiger charge is 2.13. The summed E-state index contributed by atoms with van der Waals surface area (Å²) in [5.41, 5.74) is 2.90. The van der Waals surface area contributed by atoms with E-state index in [1.165, 1.54) is 27.2 Å². The molecule has 0 atom stereocenters. The van der Waals surface area contributed by atoms with Crippen LogP contribution in [0.3, 0.4) is 0 Å². The van der Waals surface area contributed by atoms with Gasteiger partial charge in [-0.3, -0.25) is 5.43 Å². The number of anilines is 1. The number of nitrogens with zero attached hydrogens (tertiary/aromatic N) is 1. The van der Waals surface area contributed by atoms with Gasteiger partial charge in [-0.05, 0) is 25.1 Å². The van der Waals surface area contributed by atoms with Crippen LogP contribution in [0.1, 0.15) is 17.3 Å². The van der Waals surface area contributed by atoms with Gasteiger partial charge in [-0.25, -0.2) is 9.59 Å². The number of carbonyl (C=O) groups excluding carboxylic acids is 1. The van der Waals surface area contributed by atoms with Crippen molar-refractivity contribution in [3.8, 4) is 5.75 Å². The zero-order chi connectivity index (χ0) is 14.4. The highest BCUT2D eigenvalue weighted by Crippen LogP contribution is 2.22. The number of benzene rings is 1. The molecule has 1 aromatic rings. The first-order valence-electron chi connectivity index (χ1n) is 5.29. The van der Waals surface area contributed by atoms with Gasteiger partial charge in [0.25, 0.3) is 0 Å². The van der Waals surface area contributed by atoms with Crippen LogP contribution in [0.2, 0.25) is 0 Å². The van der Waals surface area contributed by atoms with Crippen LogP contribution >= 0.6 is 0 Å². The summed E-state index contributed by atoms with van der Waals surface area (Å²) in [6, 6.07) is 4.63. The van der Waals surface area contributed by atoms with Gasteiger partial charge in [0.15, 0.2) is 0 Å². The Hall–Kier alpha value is -2.57. The number of hydrazone groups is 1. The third kappa shape index (κ3) is 3.70. The molecule has 0 aliphatic carbocycles. The highest BCUT2D eigenvalue weighted by atomic mass is 16.5.